The smallest absolute Gasteiger partial charge is 0.315 e. The van der Waals surface area contributed by atoms with Gasteiger partial charge in [-0.1, -0.05) is 12.8 Å². The van der Waals surface area contributed by atoms with Gasteiger partial charge in [0, 0.05) is 55.2 Å². The van der Waals surface area contributed by atoms with Gasteiger partial charge in [-0.3, -0.25) is 5.10 Å². The van der Waals surface area contributed by atoms with Crippen LogP contribution in [0, 0.1) is 5.41 Å². The summed E-state index contributed by atoms with van der Waals surface area (Å²) in [6.07, 6.45) is 15.2. The van der Waals surface area contributed by atoms with E-state index in [9.17, 15) is 4.79 Å². The summed E-state index contributed by atoms with van der Waals surface area (Å²) >= 11 is 0. The number of ether oxygens (including phenoxy) is 1. The highest BCUT2D eigenvalue weighted by Gasteiger charge is 2.45. The summed E-state index contributed by atoms with van der Waals surface area (Å²) < 4.78 is 5.49. The molecule has 3 aliphatic carbocycles. The van der Waals surface area contributed by atoms with Crippen molar-refractivity contribution in [2.45, 2.75) is 101 Å². The summed E-state index contributed by atoms with van der Waals surface area (Å²) in [6.45, 7) is 1.74. The minimum absolute atomic E-state index is 0.0140. The van der Waals surface area contributed by atoms with Gasteiger partial charge >= 0.3 is 6.03 Å². The van der Waals surface area contributed by atoms with Crippen LogP contribution in [0.4, 0.5) is 22.4 Å². The first-order valence-corrected chi connectivity index (χ1v) is 14.2. The van der Waals surface area contributed by atoms with Crippen LogP contribution in [0.1, 0.15) is 88.7 Å². The summed E-state index contributed by atoms with van der Waals surface area (Å²) in [5.74, 6) is 2.75. The topological polar surface area (TPSA) is 129 Å². The highest BCUT2D eigenvalue weighted by Crippen LogP contribution is 2.48. The predicted molar refractivity (Wildman–Crippen MR) is 142 cm³/mol. The van der Waals surface area contributed by atoms with E-state index in [4.69, 9.17) is 4.74 Å². The van der Waals surface area contributed by atoms with E-state index < -0.39 is 0 Å². The monoisotopic (exact) mass is 508 g/mol. The summed E-state index contributed by atoms with van der Waals surface area (Å²) in [7, 11) is 0. The first kappa shape index (κ1) is 24.5. The molecule has 0 radical (unpaired) electrons. The average Bonchev–Trinajstić information content (AvgIpc) is 3.58. The molecule has 1 spiro atoms. The number of nitrogens with zero attached hydrogens (tertiary/aromatic N) is 3. The Labute approximate surface area is 218 Å². The molecular formula is C27H40N8O2. The van der Waals surface area contributed by atoms with Gasteiger partial charge in [-0.15, -0.1) is 0 Å². The van der Waals surface area contributed by atoms with Gasteiger partial charge in [-0.2, -0.15) is 10.1 Å². The van der Waals surface area contributed by atoms with Gasteiger partial charge in [-0.25, -0.2) is 9.78 Å². The van der Waals surface area contributed by atoms with Crippen molar-refractivity contribution in [1.29, 1.82) is 0 Å². The van der Waals surface area contributed by atoms with E-state index in [0.717, 1.165) is 76.2 Å². The number of rotatable bonds is 7. The number of nitrogens with one attached hydrogen (secondary N) is 5. The van der Waals surface area contributed by atoms with Crippen LogP contribution in [-0.2, 0) is 4.74 Å². The molecule has 5 N–H and O–H groups in total. The van der Waals surface area contributed by atoms with Crippen molar-refractivity contribution in [3.8, 4) is 0 Å². The van der Waals surface area contributed by atoms with Crippen LogP contribution in [0.2, 0.25) is 0 Å². The minimum Gasteiger partial charge on any atom is -0.381 e. The Morgan fingerprint density at radius 1 is 0.946 bits per heavy atom. The molecule has 2 amide bonds. The zero-order valence-electron chi connectivity index (χ0n) is 21.6. The summed E-state index contributed by atoms with van der Waals surface area (Å²) in [4.78, 5) is 21.6. The molecule has 0 unspecified atom stereocenters. The zero-order chi connectivity index (χ0) is 25.1. The van der Waals surface area contributed by atoms with Crippen molar-refractivity contribution in [2.24, 2.45) is 5.41 Å². The second-order valence-corrected chi connectivity index (χ2v) is 11.6. The first-order valence-electron chi connectivity index (χ1n) is 14.2. The molecule has 3 saturated carbocycles. The number of urea groups is 1. The van der Waals surface area contributed by atoms with Gasteiger partial charge in [0.2, 0.25) is 5.95 Å². The Bertz CT molecular complexity index is 1050. The fraction of sp³-hybridized carbons (Fsp3) is 0.704. The molecule has 4 aliphatic rings. The van der Waals surface area contributed by atoms with E-state index in [1.165, 1.54) is 31.4 Å². The lowest BCUT2D eigenvalue weighted by atomic mass is 9.61. The lowest BCUT2D eigenvalue weighted by molar-refractivity contribution is -0.0427. The van der Waals surface area contributed by atoms with Crippen LogP contribution in [0.25, 0.3) is 0 Å². The maximum Gasteiger partial charge on any atom is 0.315 e. The molecule has 10 nitrogen and oxygen atoms in total. The number of H-pyrrole nitrogens is 1. The molecule has 0 bridgehead atoms. The Morgan fingerprint density at radius 3 is 2.46 bits per heavy atom. The van der Waals surface area contributed by atoms with Crippen molar-refractivity contribution < 1.29 is 9.53 Å². The number of anilines is 3. The van der Waals surface area contributed by atoms with Gasteiger partial charge in [0.15, 0.2) is 5.82 Å². The van der Waals surface area contributed by atoms with Gasteiger partial charge < -0.3 is 26.0 Å². The van der Waals surface area contributed by atoms with Crippen LogP contribution in [-0.4, -0.2) is 57.5 Å². The number of hydrogen-bond donors (Lipinski definition) is 5. The van der Waals surface area contributed by atoms with E-state index >= 15 is 0 Å². The lowest BCUT2D eigenvalue weighted by Crippen LogP contribution is -2.56. The van der Waals surface area contributed by atoms with Crippen molar-refractivity contribution >= 4 is 23.6 Å². The van der Waals surface area contributed by atoms with Gasteiger partial charge in [0.1, 0.15) is 5.82 Å². The van der Waals surface area contributed by atoms with E-state index in [2.05, 4.69) is 47.5 Å². The summed E-state index contributed by atoms with van der Waals surface area (Å²) in [5.41, 5.74) is 1.63. The Morgan fingerprint density at radius 2 is 1.68 bits per heavy atom. The number of aromatic nitrogens is 4. The second kappa shape index (κ2) is 10.8. The Hall–Kier alpha value is -2.88. The maximum absolute atomic E-state index is 12.5. The SMILES string of the molecule is O=C(NC1CCC(Nc2nccc(Nc3cc(C4CCCC4)[nH]n3)n2)CC1)NC1CC2(CCOCC2)C1. The Kier molecular flexibility index (Phi) is 7.17. The largest absolute Gasteiger partial charge is 0.381 e. The molecule has 4 fully saturated rings. The first-order chi connectivity index (χ1) is 18.1. The standard InChI is InChI=1S/C27H40N8O2/c36-26(31-21-16-27(17-21)10-13-37-14-11-27)30-20-7-5-19(6-8-20)29-25-28-12-9-23(33-25)32-24-15-22(34-35-24)18-3-1-2-4-18/h9,12,15,18-21H,1-8,10-11,13-14,16-17H2,(H2,30,31,36)(H3,28,29,32,33,34,35). The highest BCUT2D eigenvalue weighted by atomic mass is 16.5. The van der Waals surface area contributed by atoms with Crippen molar-refractivity contribution in [1.82, 2.24) is 30.8 Å². The molecular weight excluding hydrogens is 468 g/mol. The second-order valence-electron chi connectivity index (χ2n) is 11.6. The number of amides is 2. The molecule has 6 rings (SSSR count). The molecule has 1 saturated heterocycles. The third kappa shape index (κ3) is 6.00. The third-order valence-electron chi connectivity index (χ3n) is 8.95. The third-order valence-corrected chi connectivity index (χ3v) is 8.95. The number of aromatic amines is 1. The zero-order valence-corrected chi connectivity index (χ0v) is 21.6. The molecule has 200 valence electrons. The van der Waals surface area contributed by atoms with Gasteiger partial charge in [0.05, 0.1) is 0 Å². The summed E-state index contributed by atoms with van der Waals surface area (Å²) in [5, 5.41) is 20.8. The molecule has 2 aromatic rings. The maximum atomic E-state index is 12.5. The van der Waals surface area contributed by atoms with Crippen LogP contribution < -0.4 is 21.3 Å². The van der Waals surface area contributed by atoms with Crippen LogP contribution in [0.5, 0.6) is 0 Å². The number of hydrogen-bond acceptors (Lipinski definition) is 7. The fourth-order valence-corrected chi connectivity index (χ4v) is 6.75. The minimum atomic E-state index is -0.0140. The quantitative estimate of drug-likeness (QED) is 0.370. The van der Waals surface area contributed by atoms with E-state index in [-0.39, 0.29) is 12.1 Å². The average molecular weight is 509 g/mol. The molecule has 0 aromatic carbocycles. The Balaban J connectivity index is 0.922. The molecule has 0 atom stereocenters. The molecule has 10 heteroatoms. The van der Waals surface area contributed by atoms with Crippen molar-refractivity contribution in [3.05, 3.63) is 24.0 Å². The van der Waals surface area contributed by atoms with E-state index in [1.54, 1.807) is 6.20 Å². The lowest BCUT2D eigenvalue weighted by Gasteiger charge is -2.50. The molecule has 3 heterocycles. The van der Waals surface area contributed by atoms with Crippen LogP contribution >= 0.6 is 0 Å². The highest BCUT2D eigenvalue weighted by molar-refractivity contribution is 5.74. The van der Waals surface area contributed by atoms with Crippen molar-refractivity contribution in [2.75, 3.05) is 23.8 Å². The number of carbonyl (C=O) groups excluding carboxylic acids is 1. The fourth-order valence-electron chi connectivity index (χ4n) is 6.75. The molecule has 2 aromatic heterocycles. The van der Waals surface area contributed by atoms with Crippen molar-refractivity contribution in [3.63, 3.8) is 0 Å². The van der Waals surface area contributed by atoms with E-state index in [1.807, 2.05) is 6.07 Å². The molecule has 37 heavy (non-hydrogen) atoms. The molecule has 1 aliphatic heterocycles. The van der Waals surface area contributed by atoms with Gasteiger partial charge in [0.25, 0.3) is 0 Å². The van der Waals surface area contributed by atoms with Crippen LogP contribution in [0.15, 0.2) is 18.3 Å². The summed E-state index contributed by atoms with van der Waals surface area (Å²) in [6, 6.07) is 4.78. The van der Waals surface area contributed by atoms with Gasteiger partial charge in [-0.05, 0) is 75.7 Å². The number of carbonyl (C=O) groups is 1. The normalized spacial score (nSPS) is 25.9. The van der Waals surface area contributed by atoms with E-state index in [0.29, 0.717) is 29.4 Å². The predicted octanol–water partition coefficient (Wildman–Crippen LogP) is 4.58. The van der Waals surface area contributed by atoms with Crippen LogP contribution in [0.3, 0.4) is 0 Å².